The van der Waals surface area contributed by atoms with Gasteiger partial charge in [0.2, 0.25) is 0 Å². The van der Waals surface area contributed by atoms with Crippen molar-refractivity contribution in [1.29, 1.82) is 0 Å². The first-order chi connectivity index (χ1) is 10.5. The Bertz CT molecular complexity index is 867. The quantitative estimate of drug-likeness (QED) is 0.669. The van der Waals surface area contributed by atoms with Gasteiger partial charge >= 0.3 is 5.97 Å². The first-order valence-corrected chi connectivity index (χ1v) is 8.51. The molecule has 0 aliphatic heterocycles. The van der Waals surface area contributed by atoms with E-state index in [-0.39, 0.29) is 6.42 Å². The average molecular weight is 371 g/mol. The molecule has 0 unspecified atom stereocenters. The fourth-order valence-corrected chi connectivity index (χ4v) is 4.41. The van der Waals surface area contributed by atoms with Gasteiger partial charge in [0.25, 0.3) is 0 Å². The molecule has 4 nitrogen and oxygen atoms in total. The first-order valence-electron chi connectivity index (χ1n) is 6.12. The largest absolute Gasteiger partial charge is 0.481 e. The first kappa shape index (κ1) is 15.6. The number of fused-ring (bicyclic) bond motifs is 1. The monoisotopic (exact) mass is 370 g/mol. The van der Waals surface area contributed by atoms with E-state index in [2.05, 4.69) is 9.97 Å². The van der Waals surface area contributed by atoms with Crippen molar-refractivity contribution in [3.8, 4) is 0 Å². The number of thiazole rings is 1. The van der Waals surface area contributed by atoms with Gasteiger partial charge in [0.1, 0.15) is 15.5 Å². The van der Waals surface area contributed by atoms with Crippen LogP contribution in [0.15, 0.2) is 39.6 Å². The molecule has 22 heavy (non-hydrogen) atoms. The lowest BCUT2D eigenvalue weighted by molar-refractivity contribution is -0.136. The molecule has 2 aromatic heterocycles. The molecular weight excluding hydrogens is 363 g/mol. The Morgan fingerprint density at radius 2 is 2.05 bits per heavy atom. The van der Waals surface area contributed by atoms with Crippen molar-refractivity contribution in [3.05, 3.63) is 46.1 Å². The van der Waals surface area contributed by atoms with E-state index in [0.29, 0.717) is 15.7 Å². The maximum Gasteiger partial charge on any atom is 0.307 e. The molecule has 0 aliphatic carbocycles. The number of halogens is 2. The van der Waals surface area contributed by atoms with E-state index in [4.69, 9.17) is 28.3 Å². The summed E-state index contributed by atoms with van der Waals surface area (Å²) in [6.45, 7) is 0. The zero-order valence-electron chi connectivity index (χ0n) is 10.9. The normalized spacial score (nSPS) is 11.0. The van der Waals surface area contributed by atoms with Crippen molar-refractivity contribution >= 4 is 62.6 Å². The molecular formula is C14H8Cl2N2O2S2. The van der Waals surface area contributed by atoms with Crippen molar-refractivity contribution < 1.29 is 9.90 Å². The summed E-state index contributed by atoms with van der Waals surface area (Å²) in [6, 6.07) is 8.65. The highest BCUT2D eigenvalue weighted by molar-refractivity contribution is 8.01. The Labute approximate surface area is 144 Å². The predicted octanol–water partition coefficient (Wildman–Crippen LogP) is 4.78. The summed E-state index contributed by atoms with van der Waals surface area (Å²) >= 11 is 14.7. The molecule has 0 bridgehead atoms. The van der Waals surface area contributed by atoms with E-state index in [9.17, 15) is 4.79 Å². The summed E-state index contributed by atoms with van der Waals surface area (Å²) in [4.78, 5) is 21.2. The SMILES string of the molecule is O=C(O)Cc1ccc(Cl)cc1Sc1nc2ccc(Cl)nc2s1. The average Bonchev–Trinajstić information content (AvgIpc) is 2.83. The number of nitrogens with zero attached hydrogens (tertiary/aromatic N) is 2. The molecule has 0 spiro atoms. The van der Waals surface area contributed by atoms with Crippen LogP contribution in [0, 0.1) is 0 Å². The van der Waals surface area contributed by atoms with E-state index in [1.165, 1.54) is 23.1 Å². The number of carbonyl (C=O) groups is 1. The third-order valence-electron chi connectivity index (χ3n) is 2.77. The van der Waals surface area contributed by atoms with Crippen LogP contribution in [0.1, 0.15) is 5.56 Å². The van der Waals surface area contributed by atoms with E-state index < -0.39 is 5.97 Å². The number of pyridine rings is 1. The van der Waals surface area contributed by atoms with Gasteiger partial charge in [0.05, 0.1) is 6.42 Å². The Morgan fingerprint density at radius 1 is 1.23 bits per heavy atom. The molecule has 1 N–H and O–H groups in total. The second-order valence-corrected chi connectivity index (χ2v) is 7.45. The smallest absolute Gasteiger partial charge is 0.307 e. The van der Waals surface area contributed by atoms with Crippen molar-refractivity contribution in [1.82, 2.24) is 9.97 Å². The van der Waals surface area contributed by atoms with Crippen LogP contribution in [0.4, 0.5) is 0 Å². The highest BCUT2D eigenvalue weighted by atomic mass is 35.5. The summed E-state index contributed by atoms with van der Waals surface area (Å²) in [5, 5.41) is 9.96. The van der Waals surface area contributed by atoms with Crippen LogP contribution < -0.4 is 0 Å². The van der Waals surface area contributed by atoms with Crippen LogP contribution in [-0.2, 0) is 11.2 Å². The van der Waals surface area contributed by atoms with Gasteiger partial charge in [-0.3, -0.25) is 4.79 Å². The highest BCUT2D eigenvalue weighted by Gasteiger charge is 2.12. The van der Waals surface area contributed by atoms with Gasteiger partial charge in [-0.15, -0.1) is 0 Å². The minimum absolute atomic E-state index is 0.0610. The van der Waals surface area contributed by atoms with Gasteiger partial charge in [0.15, 0.2) is 4.34 Å². The Kier molecular flexibility index (Phi) is 4.54. The minimum atomic E-state index is -0.887. The summed E-state index contributed by atoms with van der Waals surface area (Å²) < 4.78 is 0.763. The summed E-state index contributed by atoms with van der Waals surface area (Å²) in [5.41, 5.74) is 1.46. The lowest BCUT2D eigenvalue weighted by Gasteiger charge is -2.06. The van der Waals surface area contributed by atoms with E-state index in [0.717, 1.165) is 19.6 Å². The molecule has 2 heterocycles. The third kappa shape index (κ3) is 3.52. The van der Waals surface area contributed by atoms with Crippen molar-refractivity contribution in [2.75, 3.05) is 0 Å². The number of aromatic nitrogens is 2. The fourth-order valence-electron chi connectivity index (χ4n) is 1.84. The molecule has 3 aromatic rings. The Morgan fingerprint density at radius 3 is 2.82 bits per heavy atom. The van der Waals surface area contributed by atoms with Gasteiger partial charge < -0.3 is 5.11 Å². The van der Waals surface area contributed by atoms with Crippen LogP contribution in [0.5, 0.6) is 0 Å². The molecule has 0 saturated heterocycles. The molecule has 0 fully saturated rings. The van der Waals surface area contributed by atoms with Crippen LogP contribution in [0.3, 0.4) is 0 Å². The van der Waals surface area contributed by atoms with Crippen molar-refractivity contribution in [2.24, 2.45) is 0 Å². The third-order valence-corrected chi connectivity index (χ3v) is 5.34. The Balaban J connectivity index is 1.96. The zero-order chi connectivity index (χ0) is 15.7. The number of carboxylic acids is 1. The topological polar surface area (TPSA) is 63.1 Å². The van der Waals surface area contributed by atoms with Gasteiger partial charge in [-0.1, -0.05) is 52.4 Å². The molecule has 0 radical (unpaired) electrons. The van der Waals surface area contributed by atoms with E-state index in [1.807, 2.05) is 0 Å². The van der Waals surface area contributed by atoms with Gasteiger partial charge in [-0.2, -0.15) is 0 Å². The fraction of sp³-hybridized carbons (Fsp3) is 0.0714. The van der Waals surface area contributed by atoms with Gasteiger partial charge in [-0.25, -0.2) is 9.97 Å². The van der Waals surface area contributed by atoms with Crippen LogP contribution in [0.2, 0.25) is 10.2 Å². The van der Waals surface area contributed by atoms with Crippen LogP contribution >= 0.6 is 46.3 Å². The highest BCUT2D eigenvalue weighted by Crippen LogP contribution is 2.37. The molecule has 0 saturated carbocycles. The predicted molar refractivity (Wildman–Crippen MR) is 89.3 cm³/mol. The molecule has 112 valence electrons. The van der Waals surface area contributed by atoms with Crippen molar-refractivity contribution in [3.63, 3.8) is 0 Å². The van der Waals surface area contributed by atoms with E-state index in [1.54, 1.807) is 30.3 Å². The number of aliphatic carboxylic acids is 1. The summed E-state index contributed by atoms with van der Waals surface area (Å²) in [7, 11) is 0. The molecule has 8 heteroatoms. The maximum atomic E-state index is 11.0. The number of rotatable bonds is 4. The summed E-state index contributed by atoms with van der Waals surface area (Å²) in [6.07, 6.45) is -0.0610. The molecule has 0 aliphatic rings. The van der Waals surface area contributed by atoms with Crippen LogP contribution in [-0.4, -0.2) is 21.0 Å². The van der Waals surface area contributed by atoms with Gasteiger partial charge in [0, 0.05) is 9.92 Å². The van der Waals surface area contributed by atoms with Gasteiger partial charge in [-0.05, 0) is 29.8 Å². The zero-order valence-corrected chi connectivity index (χ0v) is 14.1. The number of benzene rings is 1. The minimum Gasteiger partial charge on any atom is -0.481 e. The number of hydrogen-bond donors (Lipinski definition) is 1. The van der Waals surface area contributed by atoms with E-state index >= 15 is 0 Å². The summed E-state index contributed by atoms with van der Waals surface area (Å²) in [5.74, 6) is -0.887. The molecule has 1 aromatic carbocycles. The molecule has 0 atom stereocenters. The number of hydrogen-bond acceptors (Lipinski definition) is 5. The number of carboxylic acid groups (broad SMARTS) is 1. The van der Waals surface area contributed by atoms with Crippen LogP contribution in [0.25, 0.3) is 10.3 Å². The molecule has 3 rings (SSSR count). The lowest BCUT2D eigenvalue weighted by Crippen LogP contribution is -2.01. The maximum absolute atomic E-state index is 11.0. The second-order valence-electron chi connectivity index (χ2n) is 4.36. The molecule has 0 amide bonds. The second kappa shape index (κ2) is 6.42. The Hall–Kier alpha value is -1.34. The lowest BCUT2D eigenvalue weighted by atomic mass is 10.1. The van der Waals surface area contributed by atoms with Crippen molar-refractivity contribution in [2.45, 2.75) is 15.7 Å². The standard InChI is InChI=1S/C14H8Cl2N2O2S2/c15-8-2-1-7(5-12(19)20)10(6-8)21-14-17-9-3-4-11(16)18-13(9)22-14/h1-4,6H,5H2,(H,19,20).